The van der Waals surface area contributed by atoms with Gasteiger partial charge in [0.15, 0.2) is 0 Å². The summed E-state index contributed by atoms with van der Waals surface area (Å²) < 4.78 is 0. The van der Waals surface area contributed by atoms with Crippen LogP contribution in [0.5, 0.6) is 0 Å². The zero-order chi connectivity index (χ0) is 13.2. The van der Waals surface area contributed by atoms with Crippen LogP contribution in [0, 0.1) is 0 Å². The number of aliphatic hydroxyl groups excluding tert-OH is 1. The summed E-state index contributed by atoms with van der Waals surface area (Å²) >= 11 is 0. The fourth-order valence-corrected chi connectivity index (χ4v) is 2.83. The van der Waals surface area contributed by atoms with Gasteiger partial charge in [-0.05, 0) is 49.9 Å². The van der Waals surface area contributed by atoms with Crippen molar-refractivity contribution < 1.29 is 9.90 Å². The lowest BCUT2D eigenvalue weighted by molar-refractivity contribution is 0.112. The average Bonchev–Trinajstić information content (AvgIpc) is 2.47. The van der Waals surface area contributed by atoms with Gasteiger partial charge in [0.1, 0.15) is 6.29 Å². The third-order valence-electron chi connectivity index (χ3n) is 3.99. The zero-order valence-corrected chi connectivity index (χ0v) is 10.7. The summed E-state index contributed by atoms with van der Waals surface area (Å²) in [6, 6.07) is 9.66. The van der Waals surface area contributed by atoms with E-state index in [2.05, 4.69) is 6.07 Å². The fourth-order valence-electron chi connectivity index (χ4n) is 2.83. The Labute approximate surface area is 112 Å². The van der Waals surface area contributed by atoms with Crippen molar-refractivity contribution in [2.75, 3.05) is 0 Å². The van der Waals surface area contributed by atoms with Gasteiger partial charge in [-0.25, -0.2) is 0 Å². The van der Waals surface area contributed by atoms with Gasteiger partial charge < -0.3 is 5.11 Å². The molecular formula is C16H17NO2. The molecule has 1 aliphatic rings. The molecule has 3 heteroatoms. The summed E-state index contributed by atoms with van der Waals surface area (Å²) in [4.78, 5) is 15.5. The van der Waals surface area contributed by atoms with Gasteiger partial charge in [-0.15, -0.1) is 0 Å². The van der Waals surface area contributed by atoms with E-state index in [0.29, 0.717) is 11.5 Å². The molecule has 1 heterocycles. The quantitative estimate of drug-likeness (QED) is 0.839. The van der Waals surface area contributed by atoms with E-state index >= 15 is 0 Å². The highest BCUT2D eigenvalue weighted by molar-refractivity contribution is 5.86. The normalized spacial score (nSPS) is 23.4. The van der Waals surface area contributed by atoms with E-state index in [9.17, 15) is 9.90 Å². The zero-order valence-electron chi connectivity index (χ0n) is 10.7. The van der Waals surface area contributed by atoms with Crippen molar-refractivity contribution in [2.24, 2.45) is 0 Å². The minimum absolute atomic E-state index is 0.133. The smallest absolute Gasteiger partial charge is 0.150 e. The Bertz CT molecular complexity index is 601. The van der Waals surface area contributed by atoms with Crippen LogP contribution in [-0.4, -0.2) is 22.5 Å². The molecule has 2 aromatic rings. The number of carbonyl (C=O) groups is 1. The Kier molecular flexibility index (Phi) is 3.30. The van der Waals surface area contributed by atoms with Gasteiger partial charge in [-0.3, -0.25) is 9.78 Å². The Hall–Kier alpha value is -1.74. The van der Waals surface area contributed by atoms with Crippen LogP contribution in [0.15, 0.2) is 30.3 Å². The minimum atomic E-state index is -0.133. The molecule has 0 bridgehead atoms. The second-order valence-corrected chi connectivity index (χ2v) is 5.31. The van der Waals surface area contributed by atoms with E-state index < -0.39 is 0 Å². The molecule has 3 rings (SSSR count). The van der Waals surface area contributed by atoms with Crippen LogP contribution < -0.4 is 0 Å². The van der Waals surface area contributed by atoms with Crippen LogP contribution in [0.2, 0.25) is 0 Å². The largest absolute Gasteiger partial charge is 0.393 e. The highest BCUT2D eigenvalue weighted by atomic mass is 16.3. The number of benzene rings is 1. The lowest BCUT2D eigenvalue weighted by Crippen LogP contribution is -2.17. The highest BCUT2D eigenvalue weighted by Gasteiger charge is 2.21. The molecule has 1 aromatic carbocycles. The van der Waals surface area contributed by atoms with E-state index in [-0.39, 0.29) is 6.10 Å². The van der Waals surface area contributed by atoms with Gasteiger partial charge in [0.05, 0.1) is 11.6 Å². The molecule has 1 N–H and O–H groups in total. The third-order valence-corrected chi connectivity index (χ3v) is 3.99. The van der Waals surface area contributed by atoms with E-state index in [0.717, 1.165) is 48.6 Å². The van der Waals surface area contributed by atoms with Crippen LogP contribution in [0.1, 0.15) is 47.7 Å². The second kappa shape index (κ2) is 5.10. The number of aldehydes is 1. The summed E-state index contributed by atoms with van der Waals surface area (Å²) in [5, 5.41) is 10.6. The van der Waals surface area contributed by atoms with Crippen molar-refractivity contribution in [3.63, 3.8) is 0 Å². The molecule has 0 atom stereocenters. The molecule has 1 aliphatic carbocycles. The van der Waals surface area contributed by atoms with Crippen molar-refractivity contribution in [1.82, 2.24) is 4.98 Å². The topological polar surface area (TPSA) is 50.2 Å². The number of hydrogen-bond acceptors (Lipinski definition) is 3. The first-order valence-corrected chi connectivity index (χ1v) is 6.80. The molecule has 0 aliphatic heterocycles. The molecular weight excluding hydrogens is 238 g/mol. The molecule has 0 unspecified atom stereocenters. The first kappa shape index (κ1) is 12.3. The van der Waals surface area contributed by atoms with Gasteiger partial charge >= 0.3 is 0 Å². The maximum atomic E-state index is 10.8. The monoisotopic (exact) mass is 255 g/mol. The average molecular weight is 255 g/mol. The molecule has 98 valence electrons. The van der Waals surface area contributed by atoms with Crippen molar-refractivity contribution in [1.29, 1.82) is 0 Å². The maximum Gasteiger partial charge on any atom is 0.150 e. The van der Waals surface area contributed by atoms with E-state index in [1.54, 1.807) is 6.07 Å². The summed E-state index contributed by atoms with van der Waals surface area (Å²) in [7, 11) is 0. The van der Waals surface area contributed by atoms with Crippen LogP contribution in [-0.2, 0) is 0 Å². The van der Waals surface area contributed by atoms with Gasteiger partial charge in [0.25, 0.3) is 0 Å². The number of fused-ring (bicyclic) bond motifs is 1. The molecule has 0 amide bonds. The Balaban J connectivity index is 1.91. The second-order valence-electron chi connectivity index (χ2n) is 5.31. The number of carbonyl (C=O) groups excluding carboxylic acids is 1. The molecule has 1 saturated carbocycles. The van der Waals surface area contributed by atoms with Crippen LogP contribution in [0.3, 0.4) is 0 Å². The molecule has 1 aromatic heterocycles. The van der Waals surface area contributed by atoms with E-state index in [4.69, 9.17) is 4.98 Å². The summed E-state index contributed by atoms with van der Waals surface area (Å²) in [5.41, 5.74) is 2.73. The van der Waals surface area contributed by atoms with Crippen molar-refractivity contribution >= 4 is 17.2 Å². The van der Waals surface area contributed by atoms with Crippen molar-refractivity contribution in [3.8, 4) is 0 Å². The van der Waals surface area contributed by atoms with Crippen LogP contribution in [0.25, 0.3) is 10.9 Å². The lowest BCUT2D eigenvalue weighted by atomic mass is 9.85. The molecule has 1 fully saturated rings. The number of pyridine rings is 1. The Morgan fingerprint density at radius 1 is 1.11 bits per heavy atom. The number of aliphatic hydroxyl groups is 1. The Morgan fingerprint density at radius 3 is 2.63 bits per heavy atom. The third kappa shape index (κ3) is 2.51. The highest BCUT2D eigenvalue weighted by Crippen LogP contribution is 2.32. The summed E-state index contributed by atoms with van der Waals surface area (Å²) in [5.74, 6) is 0.457. The van der Waals surface area contributed by atoms with Crippen LogP contribution in [0.4, 0.5) is 0 Å². The van der Waals surface area contributed by atoms with Gasteiger partial charge in [0, 0.05) is 22.6 Å². The first-order valence-electron chi connectivity index (χ1n) is 6.80. The predicted molar refractivity (Wildman–Crippen MR) is 74.3 cm³/mol. The summed E-state index contributed by atoms with van der Waals surface area (Å²) in [6.45, 7) is 0. The van der Waals surface area contributed by atoms with E-state index in [1.807, 2.05) is 18.2 Å². The molecule has 3 nitrogen and oxygen atoms in total. The molecule has 0 radical (unpaired) electrons. The standard InChI is InChI=1S/C16H17NO2/c18-10-11-1-7-16-13(9-11)4-8-15(17-16)12-2-5-14(19)6-3-12/h1,4,7-10,12,14,19H,2-3,5-6H2/t12-,14+. The Morgan fingerprint density at radius 2 is 1.89 bits per heavy atom. The maximum absolute atomic E-state index is 10.8. The lowest BCUT2D eigenvalue weighted by Gasteiger charge is -2.25. The summed E-state index contributed by atoms with van der Waals surface area (Å²) in [6.07, 6.45) is 4.48. The first-order chi connectivity index (χ1) is 9.26. The number of hydrogen-bond donors (Lipinski definition) is 1. The predicted octanol–water partition coefficient (Wildman–Crippen LogP) is 3.07. The number of aromatic nitrogens is 1. The fraction of sp³-hybridized carbons (Fsp3) is 0.375. The molecule has 0 saturated heterocycles. The van der Waals surface area contributed by atoms with Gasteiger partial charge in [-0.1, -0.05) is 6.07 Å². The molecule has 0 spiro atoms. The van der Waals surface area contributed by atoms with Crippen LogP contribution >= 0.6 is 0 Å². The molecule has 19 heavy (non-hydrogen) atoms. The number of nitrogens with zero attached hydrogens (tertiary/aromatic N) is 1. The van der Waals surface area contributed by atoms with Crippen molar-refractivity contribution in [2.45, 2.75) is 37.7 Å². The SMILES string of the molecule is O=Cc1ccc2nc([C@H]3CC[C@@H](O)CC3)ccc2c1. The van der Waals surface area contributed by atoms with Gasteiger partial charge in [-0.2, -0.15) is 0 Å². The van der Waals surface area contributed by atoms with Gasteiger partial charge in [0.2, 0.25) is 0 Å². The number of rotatable bonds is 2. The van der Waals surface area contributed by atoms with Crippen molar-refractivity contribution in [3.05, 3.63) is 41.6 Å². The van der Waals surface area contributed by atoms with E-state index in [1.165, 1.54) is 0 Å². The minimum Gasteiger partial charge on any atom is -0.393 e.